The minimum absolute atomic E-state index is 0.507. The maximum Gasteiger partial charge on any atom is 0.435 e. The largest absolute Gasteiger partial charge is 0.497 e. The number of benzene rings is 1. The lowest BCUT2D eigenvalue weighted by molar-refractivity contribution is 0.0523. The molecule has 0 saturated carbocycles. The fraction of sp³-hybridized carbons (Fsp3) is 0.333. The van der Waals surface area contributed by atoms with E-state index in [1.54, 1.807) is 19.4 Å². The van der Waals surface area contributed by atoms with Gasteiger partial charge in [0.15, 0.2) is 0 Å². The number of ether oxygens (including phenoxy) is 2. The van der Waals surface area contributed by atoms with Crippen LogP contribution in [-0.4, -0.2) is 28.6 Å². The zero-order chi connectivity index (χ0) is 14.9. The molecule has 0 fully saturated rings. The highest BCUT2D eigenvalue weighted by Gasteiger charge is 2.20. The minimum atomic E-state index is -0.566. The molecule has 0 radical (unpaired) electrons. The fourth-order valence-corrected chi connectivity index (χ4v) is 1.76. The molecular weight excluding hydrogens is 256 g/mol. The summed E-state index contributed by atoms with van der Waals surface area (Å²) >= 11 is 0. The maximum absolute atomic E-state index is 12.1. The summed E-state index contributed by atoms with van der Waals surface area (Å²) < 4.78 is 11.7. The number of hydrogen-bond donors (Lipinski definition) is 0. The summed E-state index contributed by atoms with van der Waals surface area (Å²) in [6.45, 7) is 9.24. The molecule has 1 aromatic heterocycles. The Labute approximate surface area is 117 Å². The monoisotopic (exact) mass is 274 g/mol. The van der Waals surface area contributed by atoms with Crippen LogP contribution in [-0.2, 0) is 9.47 Å². The van der Waals surface area contributed by atoms with Gasteiger partial charge in [0.2, 0.25) is 0 Å². The number of rotatable bonds is 2. The molecule has 1 heterocycles. The number of methoxy groups -OCH3 is 1. The molecule has 5 heteroatoms. The molecule has 0 unspecified atom stereocenters. The van der Waals surface area contributed by atoms with Crippen molar-refractivity contribution < 1.29 is 14.3 Å². The quantitative estimate of drug-likeness (QED) is 0.787. The molecule has 0 saturated heterocycles. The molecular formula is C15H18N2O3. The van der Waals surface area contributed by atoms with Crippen LogP contribution in [0.15, 0.2) is 31.0 Å². The van der Waals surface area contributed by atoms with Crippen molar-refractivity contribution in [2.24, 2.45) is 0 Å². The van der Waals surface area contributed by atoms with Crippen molar-refractivity contribution in [3.05, 3.63) is 36.5 Å². The van der Waals surface area contributed by atoms with Crippen molar-refractivity contribution in [1.29, 1.82) is 0 Å². The van der Waals surface area contributed by atoms with Gasteiger partial charge in [0, 0.05) is 10.9 Å². The van der Waals surface area contributed by atoms with Gasteiger partial charge in [-0.2, -0.15) is 9.78 Å². The van der Waals surface area contributed by atoms with Crippen LogP contribution in [0.25, 0.3) is 16.7 Å². The molecule has 0 atom stereocenters. The van der Waals surface area contributed by atoms with Gasteiger partial charge >= 0.3 is 6.09 Å². The Balaban J connectivity index is 2.44. The van der Waals surface area contributed by atoms with Crippen LogP contribution in [0.4, 0.5) is 4.79 Å². The van der Waals surface area contributed by atoms with Gasteiger partial charge in [-0.05, 0) is 26.8 Å². The Hall–Kier alpha value is -2.30. The Bertz CT molecular complexity index is 665. The van der Waals surface area contributed by atoms with Crippen LogP contribution in [0, 0.1) is 0 Å². The third kappa shape index (κ3) is 2.82. The van der Waals surface area contributed by atoms with E-state index in [1.807, 2.05) is 32.9 Å². The van der Waals surface area contributed by atoms with E-state index in [1.165, 1.54) is 4.68 Å². The zero-order valence-electron chi connectivity index (χ0n) is 12.1. The highest BCUT2D eigenvalue weighted by molar-refractivity contribution is 5.89. The lowest BCUT2D eigenvalue weighted by atomic mass is 10.1. The molecule has 0 amide bonds. The van der Waals surface area contributed by atoms with Gasteiger partial charge in [0.1, 0.15) is 11.4 Å². The van der Waals surface area contributed by atoms with E-state index >= 15 is 0 Å². The van der Waals surface area contributed by atoms with Gasteiger partial charge in [0.25, 0.3) is 0 Å². The summed E-state index contributed by atoms with van der Waals surface area (Å²) in [5, 5.41) is 4.93. The number of carbonyl (C=O) groups excluding carboxylic acids is 1. The Morgan fingerprint density at radius 3 is 2.65 bits per heavy atom. The van der Waals surface area contributed by atoms with Gasteiger partial charge < -0.3 is 9.47 Å². The number of fused-ring (bicyclic) bond motifs is 1. The van der Waals surface area contributed by atoms with Gasteiger partial charge in [-0.15, -0.1) is 0 Å². The first-order valence-electron chi connectivity index (χ1n) is 6.26. The van der Waals surface area contributed by atoms with Crippen LogP contribution in [0.3, 0.4) is 0 Å². The number of nitrogens with zero attached hydrogens (tertiary/aromatic N) is 2. The average Bonchev–Trinajstić information content (AvgIpc) is 2.78. The SMILES string of the molecule is C=C(OC)c1ccc2cnn(C(=O)OC(C)(C)C)c2c1. The number of carbonyl (C=O) groups is 1. The molecule has 0 bridgehead atoms. The van der Waals surface area contributed by atoms with E-state index in [0.29, 0.717) is 11.3 Å². The van der Waals surface area contributed by atoms with E-state index in [0.717, 1.165) is 10.9 Å². The molecule has 0 N–H and O–H groups in total. The van der Waals surface area contributed by atoms with Crippen molar-refractivity contribution in [3.63, 3.8) is 0 Å². The van der Waals surface area contributed by atoms with Crippen molar-refractivity contribution >= 4 is 22.8 Å². The highest BCUT2D eigenvalue weighted by Crippen LogP contribution is 2.21. The van der Waals surface area contributed by atoms with Crippen molar-refractivity contribution in [2.45, 2.75) is 26.4 Å². The number of aromatic nitrogens is 2. The third-order valence-electron chi connectivity index (χ3n) is 2.71. The molecule has 2 rings (SSSR count). The molecule has 1 aromatic carbocycles. The molecule has 0 aliphatic heterocycles. The Morgan fingerprint density at radius 1 is 1.35 bits per heavy atom. The first-order valence-corrected chi connectivity index (χ1v) is 6.26. The van der Waals surface area contributed by atoms with Crippen LogP contribution in [0.2, 0.25) is 0 Å². The lowest BCUT2D eigenvalue weighted by Crippen LogP contribution is -2.27. The first kappa shape index (κ1) is 14.1. The predicted molar refractivity (Wildman–Crippen MR) is 77.4 cm³/mol. The normalized spacial score (nSPS) is 11.4. The molecule has 0 aliphatic rings. The first-order chi connectivity index (χ1) is 9.31. The van der Waals surface area contributed by atoms with E-state index in [-0.39, 0.29) is 0 Å². The van der Waals surface area contributed by atoms with Crippen LogP contribution in [0.5, 0.6) is 0 Å². The zero-order valence-corrected chi connectivity index (χ0v) is 12.1. The van der Waals surface area contributed by atoms with Crippen molar-refractivity contribution in [3.8, 4) is 0 Å². The Kier molecular flexibility index (Phi) is 3.53. The van der Waals surface area contributed by atoms with Crippen LogP contribution >= 0.6 is 0 Å². The van der Waals surface area contributed by atoms with E-state index in [4.69, 9.17) is 9.47 Å². The smallest absolute Gasteiger partial charge is 0.435 e. The van der Waals surface area contributed by atoms with Crippen molar-refractivity contribution in [1.82, 2.24) is 9.78 Å². The standard InChI is InChI=1S/C15H18N2O3/c1-10(19-5)11-6-7-12-9-16-17(13(12)8-11)14(18)20-15(2,3)4/h6-9H,1H2,2-5H3. The summed E-state index contributed by atoms with van der Waals surface area (Å²) in [4.78, 5) is 12.1. The van der Waals surface area contributed by atoms with Crippen LogP contribution in [0.1, 0.15) is 26.3 Å². The molecule has 2 aromatic rings. The molecule has 0 spiro atoms. The molecule has 0 aliphatic carbocycles. The highest BCUT2D eigenvalue weighted by atomic mass is 16.6. The van der Waals surface area contributed by atoms with E-state index in [2.05, 4.69) is 11.7 Å². The third-order valence-corrected chi connectivity index (χ3v) is 2.71. The minimum Gasteiger partial charge on any atom is -0.497 e. The van der Waals surface area contributed by atoms with Crippen molar-refractivity contribution in [2.75, 3.05) is 7.11 Å². The van der Waals surface area contributed by atoms with E-state index in [9.17, 15) is 4.79 Å². The van der Waals surface area contributed by atoms with Crippen LogP contribution < -0.4 is 0 Å². The molecule has 5 nitrogen and oxygen atoms in total. The topological polar surface area (TPSA) is 53.4 Å². The van der Waals surface area contributed by atoms with Gasteiger partial charge in [-0.1, -0.05) is 18.7 Å². The van der Waals surface area contributed by atoms with Gasteiger partial charge in [0.05, 0.1) is 18.8 Å². The second-order valence-corrected chi connectivity index (χ2v) is 5.44. The summed E-state index contributed by atoms with van der Waals surface area (Å²) in [5.41, 5.74) is 0.892. The summed E-state index contributed by atoms with van der Waals surface area (Å²) in [5.74, 6) is 0.531. The predicted octanol–water partition coefficient (Wildman–Crippen LogP) is 3.44. The number of hydrogen-bond acceptors (Lipinski definition) is 4. The maximum atomic E-state index is 12.1. The summed E-state index contributed by atoms with van der Waals surface area (Å²) in [6.07, 6.45) is 1.12. The molecule has 106 valence electrons. The van der Waals surface area contributed by atoms with Gasteiger partial charge in [-0.3, -0.25) is 0 Å². The summed E-state index contributed by atoms with van der Waals surface area (Å²) in [7, 11) is 1.55. The summed E-state index contributed by atoms with van der Waals surface area (Å²) in [6, 6.07) is 5.54. The lowest BCUT2D eigenvalue weighted by Gasteiger charge is -2.19. The Morgan fingerprint density at radius 2 is 2.05 bits per heavy atom. The van der Waals surface area contributed by atoms with Gasteiger partial charge in [-0.25, -0.2) is 4.79 Å². The second kappa shape index (κ2) is 5.00. The van der Waals surface area contributed by atoms with E-state index < -0.39 is 11.7 Å². The second-order valence-electron chi connectivity index (χ2n) is 5.44. The average molecular weight is 274 g/mol. The fourth-order valence-electron chi connectivity index (χ4n) is 1.76. The molecule has 20 heavy (non-hydrogen) atoms.